The van der Waals surface area contributed by atoms with Crippen LogP contribution in [-0.4, -0.2) is 54.2 Å². The number of rotatable bonds is 8. The molecule has 1 unspecified atom stereocenters. The minimum absolute atomic E-state index is 0.374. The molecule has 6 heteroatoms. The van der Waals surface area contributed by atoms with Crippen LogP contribution in [-0.2, 0) is 4.79 Å². The zero-order valence-electron chi connectivity index (χ0n) is 10.8. The van der Waals surface area contributed by atoms with E-state index in [9.17, 15) is 9.59 Å². The Hall–Kier alpha value is -1.30. The number of hydrogen-bond donors (Lipinski definition) is 3. The fourth-order valence-electron chi connectivity index (χ4n) is 1.42. The van der Waals surface area contributed by atoms with Crippen LogP contribution in [0.4, 0.5) is 4.79 Å². The van der Waals surface area contributed by atoms with E-state index in [-0.39, 0.29) is 0 Å². The number of carbonyl (C=O) groups is 2. The molecule has 0 radical (unpaired) electrons. The first kappa shape index (κ1) is 15.7. The number of hydrogen-bond acceptors (Lipinski definition) is 3. The molecule has 0 fully saturated rings. The molecule has 0 bridgehead atoms. The maximum Gasteiger partial charge on any atom is 0.326 e. The smallest absolute Gasteiger partial charge is 0.326 e. The number of aliphatic carboxylic acids is 1. The SMILES string of the molecule is CCC(NC(=O)NCCN(CC)CC)C(=O)O. The summed E-state index contributed by atoms with van der Waals surface area (Å²) in [6.45, 7) is 8.99. The highest BCUT2D eigenvalue weighted by atomic mass is 16.4. The summed E-state index contributed by atoms with van der Waals surface area (Å²) >= 11 is 0. The van der Waals surface area contributed by atoms with Crippen LogP contribution in [0.2, 0.25) is 0 Å². The minimum Gasteiger partial charge on any atom is -0.480 e. The Kier molecular flexibility index (Phi) is 8.13. The van der Waals surface area contributed by atoms with Gasteiger partial charge in [-0.15, -0.1) is 0 Å². The summed E-state index contributed by atoms with van der Waals surface area (Å²) in [6, 6.07) is -1.24. The molecule has 17 heavy (non-hydrogen) atoms. The number of nitrogens with one attached hydrogen (secondary N) is 2. The topological polar surface area (TPSA) is 81.7 Å². The Morgan fingerprint density at radius 2 is 1.82 bits per heavy atom. The van der Waals surface area contributed by atoms with Crippen LogP contribution in [0.15, 0.2) is 0 Å². The first-order chi connectivity index (χ1) is 8.04. The van der Waals surface area contributed by atoms with Gasteiger partial charge in [0, 0.05) is 13.1 Å². The third-order valence-electron chi connectivity index (χ3n) is 2.62. The first-order valence-corrected chi connectivity index (χ1v) is 6.04. The first-order valence-electron chi connectivity index (χ1n) is 6.04. The third-order valence-corrected chi connectivity index (χ3v) is 2.62. The highest BCUT2D eigenvalue weighted by Gasteiger charge is 2.16. The summed E-state index contributed by atoms with van der Waals surface area (Å²) in [7, 11) is 0. The van der Waals surface area contributed by atoms with Crippen LogP contribution in [0.3, 0.4) is 0 Å². The number of urea groups is 1. The maximum absolute atomic E-state index is 11.4. The summed E-state index contributed by atoms with van der Waals surface area (Å²) in [6.07, 6.45) is 0.374. The molecule has 0 spiro atoms. The van der Waals surface area contributed by atoms with Gasteiger partial charge in [0.2, 0.25) is 0 Å². The summed E-state index contributed by atoms with van der Waals surface area (Å²) in [4.78, 5) is 24.2. The largest absolute Gasteiger partial charge is 0.480 e. The van der Waals surface area contributed by atoms with E-state index < -0.39 is 18.0 Å². The Balaban J connectivity index is 3.83. The lowest BCUT2D eigenvalue weighted by Gasteiger charge is -2.18. The molecule has 2 amide bonds. The molecule has 0 aromatic heterocycles. The van der Waals surface area contributed by atoms with Crippen molar-refractivity contribution >= 4 is 12.0 Å². The van der Waals surface area contributed by atoms with Gasteiger partial charge in [-0.25, -0.2) is 9.59 Å². The molecule has 0 aliphatic rings. The Morgan fingerprint density at radius 1 is 1.24 bits per heavy atom. The van der Waals surface area contributed by atoms with Gasteiger partial charge < -0.3 is 20.6 Å². The quantitative estimate of drug-likeness (QED) is 0.581. The Morgan fingerprint density at radius 3 is 2.24 bits per heavy atom. The Bertz CT molecular complexity index is 242. The van der Waals surface area contributed by atoms with Crippen LogP contribution >= 0.6 is 0 Å². The van der Waals surface area contributed by atoms with Gasteiger partial charge in [-0.2, -0.15) is 0 Å². The molecule has 0 saturated heterocycles. The molecule has 0 saturated carbocycles. The normalized spacial score (nSPS) is 12.2. The van der Waals surface area contributed by atoms with Gasteiger partial charge in [-0.3, -0.25) is 0 Å². The van der Waals surface area contributed by atoms with E-state index in [2.05, 4.69) is 29.4 Å². The molecule has 0 rings (SSSR count). The van der Waals surface area contributed by atoms with Crippen molar-refractivity contribution in [2.75, 3.05) is 26.2 Å². The van der Waals surface area contributed by atoms with E-state index in [0.717, 1.165) is 19.6 Å². The monoisotopic (exact) mass is 245 g/mol. The molecule has 3 N–H and O–H groups in total. The van der Waals surface area contributed by atoms with Gasteiger partial charge in [-0.05, 0) is 19.5 Å². The predicted molar refractivity (Wildman–Crippen MR) is 66.0 cm³/mol. The summed E-state index contributed by atoms with van der Waals surface area (Å²) < 4.78 is 0. The van der Waals surface area contributed by atoms with Crippen molar-refractivity contribution in [2.45, 2.75) is 33.2 Å². The lowest BCUT2D eigenvalue weighted by molar-refractivity contribution is -0.139. The molecule has 100 valence electrons. The highest BCUT2D eigenvalue weighted by Crippen LogP contribution is 1.90. The molecule has 0 aliphatic heterocycles. The third kappa shape index (κ3) is 6.78. The van der Waals surface area contributed by atoms with Gasteiger partial charge in [0.05, 0.1) is 0 Å². The van der Waals surface area contributed by atoms with Gasteiger partial charge in [0.15, 0.2) is 0 Å². The average molecular weight is 245 g/mol. The van der Waals surface area contributed by atoms with Crippen LogP contribution in [0.5, 0.6) is 0 Å². The van der Waals surface area contributed by atoms with E-state index in [4.69, 9.17) is 5.11 Å². The number of carbonyl (C=O) groups excluding carboxylic acids is 1. The number of likely N-dealkylation sites (N-methyl/N-ethyl adjacent to an activating group) is 1. The number of carboxylic acids is 1. The van der Waals surface area contributed by atoms with Crippen molar-refractivity contribution in [2.24, 2.45) is 0 Å². The van der Waals surface area contributed by atoms with E-state index in [1.54, 1.807) is 6.92 Å². The van der Waals surface area contributed by atoms with Crippen LogP contribution in [0.1, 0.15) is 27.2 Å². The van der Waals surface area contributed by atoms with Crippen LogP contribution < -0.4 is 10.6 Å². The fourth-order valence-corrected chi connectivity index (χ4v) is 1.42. The van der Waals surface area contributed by atoms with Crippen molar-refractivity contribution in [3.05, 3.63) is 0 Å². The van der Waals surface area contributed by atoms with Crippen molar-refractivity contribution in [3.63, 3.8) is 0 Å². The van der Waals surface area contributed by atoms with Gasteiger partial charge in [0.25, 0.3) is 0 Å². The number of nitrogens with zero attached hydrogens (tertiary/aromatic N) is 1. The van der Waals surface area contributed by atoms with Gasteiger partial charge >= 0.3 is 12.0 Å². The number of amides is 2. The molecule has 0 aromatic carbocycles. The predicted octanol–water partition coefficient (Wildman–Crippen LogP) is 0.491. The summed E-state index contributed by atoms with van der Waals surface area (Å²) in [5, 5.41) is 13.8. The zero-order chi connectivity index (χ0) is 13.3. The summed E-state index contributed by atoms with van der Waals surface area (Å²) in [5.74, 6) is -1.01. The lowest BCUT2D eigenvalue weighted by atomic mass is 10.2. The molecule has 0 aromatic rings. The van der Waals surface area contributed by atoms with Crippen LogP contribution in [0.25, 0.3) is 0 Å². The minimum atomic E-state index is -1.01. The zero-order valence-corrected chi connectivity index (χ0v) is 10.8. The van der Waals surface area contributed by atoms with E-state index in [1.807, 2.05) is 0 Å². The van der Waals surface area contributed by atoms with Gasteiger partial charge in [0.1, 0.15) is 6.04 Å². The van der Waals surface area contributed by atoms with Crippen molar-refractivity contribution < 1.29 is 14.7 Å². The fraction of sp³-hybridized carbons (Fsp3) is 0.818. The molecular weight excluding hydrogens is 222 g/mol. The molecule has 6 nitrogen and oxygen atoms in total. The molecule has 0 aliphatic carbocycles. The van der Waals surface area contributed by atoms with Gasteiger partial charge in [-0.1, -0.05) is 20.8 Å². The Labute approximate surface area is 102 Å². The average Bonchev–Trinajstić information content (AvgIpc) is 2.31. The maximum atomic E-state index is 11.4. The number of carboxylic acid groups (broad SMARTS) is 1. The summed E-state index contributed by atoms with van der Waals surface area (Å²) in [5.41, 5.74) is 0. The second-order valence-electron chi connectivity index (χ2n) is 3.73. The second kappa shape index (κ2) is 8.81. The van der Waals surface area contributed by atoms with Crippen molar-refractivity contribution in [1.29, 1.82) is 0 Å². The van der Waals surface area contributed by atoms with Crippen molar-refractivity contribution in [3.8, 4) is 0 Å². The van der Waals surface area contributed by atoms with Crippen molar-refractivity contribution in [1.82, 2.24) is 15.5 Å². The highest BCUT2D eigenvalue weighted by molar-refractivity contribution is 5.82. The standard InChI is InChI=1S/C11H23N3O3/c1-4-9(10(15)16)13-11(17)12-7-8-14(5-2)6-3/h9H,4-8H2,1-3H3,(H,15,16)(H2,12,13,17). The molecule has 1 atom stereocenters. The van der Waals surface area contributed by atoms with E-state index in [0.29, 0.717) is 13.0 Å². The molecule has 0 heterocycles. The van der Waals surface area contributed by atoms with Crippen LogP contribution in [0, 0.1) is 0 Å². The second-order valence-corrected chi connectivity index (χ2v) is 3.73. The van der Waals surface area contributed by atoms with E-state index >= 15 is 0 Å². The lowest BCUT2D eigenvalue weighted by Crippen LogP contribution is -2.47. The van der Waals surface area contributed by atoms with E-state index in [1.165, 1.54) is 0 Å². The molecular formula is C11H23N3O3.